The van der Waals surface area contributed by atoms with Gasteiger partial charge in [-0.05, 0) is 12.3 Å². The third-order valence-corrected chi connectivity index (χ3v) is 5.06. The van der Waals surface area contributed by atoms with Gasteiger partial charge in [0.1, 0.15) is 6.54 Å². The summed E-state index contributed by atoms with van der Waals surface area (Å²) in [5, 5.41) is 9.00. The van der Waals surface area contributed by atoms with Crippen LogP contribution in [-0.2, 0) is 14.3 Å². The molecule has 0 aliphatic heterocycles. The van der Waals surface area contributed by atoms with E-state index < -0.39 is 12.1 Å². The largest absolute Gasteiger partial charge is 0.481 e. The summed E-state index contributed by atoms with van der Waals surface area (Å²) < 4.78 is 5.98. The van der Waals surface area contributed by atoms with Gasteiger partial charge >= 0.3 is 11.9 Å². The van der Waals surface area contributed by atoms with Crippen molar-refractivity contribution in [1.82, 2.24) is 0 Å². The summed E-state index contributed by atoms with van der Waals surface area (Å²) >= 11 is 0. The fourth-order valence-corrected chi connectivity index (χ4v) is 3.65. The fraction of sp³-hybridized carbons (Fsp3) is 0.913. The summed E-state index contributed by atoms with van der Waals surface area (Å²) in [7, 11) is 5.90. The second kappa shape index (κ2) is 15.8. The number of likely N-dealkylation sites (N-methyl/N-ethyl adjacent to an activating group) is 1. The molecule has 0 saturated heterocycles. The third kappa shape index (κ3) is 18.3. The van der Waals surface area contributed by atoms with E-state index in [-0.39, 0.29) is 12.4 Å². The molecule has 0 aliphatic rings. The van der Waals surface area contributed by atoms with Crippen molar-refractivity contribution in [2.75, 3.05) is 27.7 Å². The topological polar surface area (TPSA) is 63.6 Å². The Kier molecular flexibility index (Phi) is 15.2. The quantitative estimate of drug-likeness (QED) is 0.190. The Balaban J connectivity index is 3.70. The molecule has 2 unspecified atom stereocenters. The lowest BCUT2D eigenvalue weighted by molar-refractivity contribution is -0.873. The molecule has 0 saturated carbocycles. The van der Waals surface area contributed by atoms with Crippen LogP contribution in [0.1, 0.15) is 97.3 Å². The second-order valence-electron chi connectivity index (χ2n) is 9.44. The molecular formula is C23H46NO4+. The van der Waals surface area contributed by atoms with Gasteiger partial charge in [-0.25, -0.2) is 0 Å². The second-order valence-corrected chi connectivity index (χ2v) is 9.44. The van der Waals surface area contributed by atoms with Crippen LogP contribution in [0.5, 0.6) is 0 Å². The predicted octanol–water partition coefficient (Wildman–Crippen LogP) is 5.42. The van der Waals surface area contributed by atoms with Crippen molar-refractivity contribution in [3.63, 3.8) is 0 Å². The van der Waals surface area contributed by atoms with Crippen molar-refractivity contribution >= 4 is 11.9 Å². The fourth-order valence-electron chi connectivity index (χ4n) is 3.65. The number of hydrogen-bond acceptors (Lipinski definition) is 3. The number of carbonyl (C=O) groups excluding carboxylic acids is 1. The van der Waals surface area contributed by atoms with Gasteiger partial charge in [-0.2, -0.15) is 0 Å². The van der Waals surface area contributed by atoms with Crippen LogP contribution in [0.2, 0.25) is 0 Å². The summed E-state index contributed by atoms with van der Waals surface area (Å²) in [6, 6.07) is 0. The number of esters is 1. The van der Waals surface area contributed by atoms with Gasteiger partial charge in [0.2, 0.25) is 0 Å². The molecule has 0 radical (unpaired) electrons. The summed E-state index contributed by atoms with van der Waals surface area (Å²) in [4.78, 5) is 23.0. The molecule has 0 amide bonds. The third-order valence-electron chi connectivity index (χ3n) is 5.06. The first kappa shape index (κ1) is 26.9. The molecule has 2 atom stereocenters. The molecule has 0 aromatic carbocycles. The average molecular weight is 401 g/mol. The van der Waals surface area contributed by atoms with E-state index in [0.29, 0.717) is 17.4 Å². The molecule has 28 heavy (non-hydrogen) atoms. The number of ether oxygens (including phenoxy) is 1. The van der Waals surface area contributed by atoms with Crippen molar-refractivity contribution in [3.8, 4) is 0 Å². The molecule has 0 bridgehead atoms. The molecule has 166 valence electrons. The van der Waals surface area contributed by atoms with Gasteiger partial charge in [0, 0.05) is 6.42 Å². The molecule has 0 spiro atoms. The van der Waals surface area contributed by atoms with Gasteiger partial charge in [0.15, 0.2) is 6.10 Å². The van der Waals surface area contributed by atoms with Gasteiger partial charge < -0.3 is 14.3 Å². The highest BCUT2D eigenvalue weighted by Gasteiger charge is 2.24. The van der Waals surface area contributed by atoms with E-state index in [4.69, 9.17) is 9.84 Å². The highest BCUT2D eigenvalue weighted by atomic mass is 16.5. The molecule has 0 rings (SSSR count). The molecule has 0 aliphatic carbocycles. The van der Waals surface area contributed by atoms with Gasteiger partial charge in [-0.1, -0.05) is 78.1 Å². The summed E-state index contributed by atoms with van der Waals surface area (Å²) in [5.74, 6) is -0.311. The summed E-state index contributed by atoms with van der Waals surface area (Å²) in [6.07, 6.45) is 13.3. The van der Waals surface area contributed by atoms with E-state index in [1.54, 1.807) is 0 Å². The number of carboxylic acid groups (broad SMARTS) is 1. The Bertz CT molecular complexity index is 417. The number of quaternary nitrogens is 1. The van der Waals surface area contributed by atoms with Crippen molar-refractivity contribution in [2.24, 2.45) is 5.92 Å². The van der Waals surface area contributed by atoms with Crippen LogP contribution in [0.15, 0.2) is 0 Å². The van der Waals surface area contributed by atoms with E-state index in [9.17, 15) is 9.59 Å². The van der Waals surface area contributed by atoms with E-state index in [0.717, 1.165) is 25.2 Å². The molecule has 0 heterocycles. The van der Waals surface area contributed by atoms with Gasteiger partial charge in [-0.15, -0.1) is 0 Å². The molecule has 0 fully saturated rings. The zero-order chi connectivity index (χ0) is 21.4. The molecule has 1 N–H and O–H groups in total. The maximum atomic E-state index is 12.0. The van der Waals surface area contributed by atoms with Crippen LogP contribution >= 0.6 is 0 Å². The highest BCUT2D eigenvalue weighted by molar-refractivity contribution is 5.71. The Labute approximate surface area is 173 Å². The van der Waals surface area contributed by atoms with Crippen LogP contribution in [-0.4, -0.2) is 55.3 Å². The summed E-state index contributed by atoms with van der Waals surface area (Å²) in [6.45, 7) is 5.13. The van der Waals surface area contributed by atoms with Gasteiger partial charge in [-0.3, -0.25) is 9.59 Å². The van der Waals surface area contributed by atoms with Crippen molar-refractivity contribution in [2.45, 2.75) is 103 Å². The van der Waals surface area contributed by atoms with Crippen molar-refractivity contribution < 1.29 is 23.9 Å². The van der Waals surface area contributed by atoms with Crippen molar-refractivity contribution in [1.29, 1.82) is 0 Å². The normalized spacial score (nSPS) is 13.9. The minimum atomic E-state index is -0.925. The first-order chi connectivity index (χ1) is 13.1. The monoisotopic (exact) mass is 400 g/mol. The standard InChI is InChI=1S/C23H45NO4/c1-6-15-20(2)16-13-11-9-7-8-10-12-14-17-23(27)28-21(18-22(25)26)19-24(3,4)5/h20-21H,6-19H2,1-5H3/p+1. The van der Waals surface area contributed by atoms with Gasteiger partial charge in [0.05, 0.1) is 27.6 Å². The van der Waals surface area contributed by atoms with E-state index in [2.05, 4.69) is 13.8 Å². The van der Waals surface area contributed by atoms with Crippen LogP contribution in [0, 0.1) is 5.92 Å². The highest BCUT2D eigenvalue weighted by Crippen LogP contribution is 2.16. The molecule has 5 heteroatoms. The average Bonchev–Trinajstić information content (AvgIpc) is 2.54. The Hall–Kier alpha value is -1.10. The zero-order valence-electron chi connectivity index (χ0n) is 19.2. The number of unbranched alkanes of at least 4 members (excludes halogenated alkanes) is 7. The molecule has 0 aromatic heterocycles. The minimum Gasteiger partial charge on any atom is -0.481 e. The number of rotatable bonds is 18. The SMILES string of the molecule is CCCC(C)CCCCCCCCCCC(=O)OC(CC(=O)O)C[N+](C)(C)C. The van der Waals surface area contributed by atoms with Crippen LogP contribution in [0.3, 0.4) is 0 Å². The Morgan fingerprint density at radius 1 is 0.893 bits per heavy atom. The lowest BCUT2D eigenvalue weighted by Crippen LogP contribution is -2.43. The van der Waals surface area contributed by atoms with Crippen LogP contribution in [0.25, 0.3) is 0 Å². The number of hydrogen-bond donors (Lipinski definition) is 1. The maximum absolute atomic E-state index is 12.0. The molecule has 0 aromatic rings. The summed E-state index contributed by atoms with van der Waals surface area (Å²) in [5.41, 5.74) is 0. The number of carboxylic acids is 1. The van der Waals surface area contributed by atoms with Crippen LogP contribution in [0.4, 0.5) is 0 Å². The van der Waals surface area contributed by atoms with E-state index >= 15 is 0 Å². The Morgan fingerprint density at radius 2 is 1.43 bits per heavy atom. The molecule has 5 nitrogen and oxygen atoms in total. The maximum Gasteiger partial charge on any atom is 0.307 e. The van der Waals surface area contributed by atoms with E-state index in [1.807, 2.05) is 21.1 Å². The molecular weight excluding hydrogens is 354 g/mol. The van der Waals surface area contributed by atoms with Crippen molar-refractivity contribution in [3.05, 3.63) is 0 Å². The number of aliphatic carboxylic acids is 1. The first-order valence-electron chi connectivity index (χ1n) is 11.4. The first-order valence-corrected chi connectivity index (χ1v) is 11.4. The Morgan fingerprint density at radius 3 is 1.93 bits per heavy atom. The van der Waals surface area contributed by atoms with Crippen LogP contribution < -0.4 is 0 Å². The minimum absolute atomic E-state index is 0.127. The van der Waals surface area contributed by atoms with E-state index in [1.165, 1.54) is 51.4 Å². The zero-order valence-corrected chi connectivity index (χ0v) is 19.2. The van der Waals surface area contributed by atoms with Gasteiger partial charge in [0.25, 0.3) is 0 Å². The predicted molar refractivity (Wildman–Crippen MR) is 115 cm³/mol. The lowest BCUT2D eigenvalue weighted by atomic mass is 9.98. The number of carbonyl (C=O) groups is 2. The lowest BCUT2D eigenvalue weighted by Gasteiger charge is -2.28. The smallest absolute Gasteiger partial charge is 0.307 e. The number of nitrogens with zero attached hydrogens (tertiary/aromatic N) is 1.